The summed E-state index contributed by atoms with van der Waals surface area (Å²) in [6, 6.07) is 11.4. The average Bonchev–Trinajstić information content (AvgIpc) is 2.38. The van der Waals surface area contributed by atoms with E-state index in [1.54, 1.807) is 23.2 Å². The molecule has 18 heavy (non-hydrogen) atoms. The third-order valence-electron chi connectivity index (χ3n) is 2.64. The Hall–Kier alpha value is -2.79. The van der Waals surface area contributed by atoms with E-state index in [1.165, 1.54) is 0 Å². The van der Waals surface area contributed by atoms with Crippen LogP contribution in [0.15, 0.2) is 30.5 Å². The number of aromatic nitrogens is 1. The fraction of sp³-hybridized carbons (Fsp3) is 0.154. The van der Waals surface area contributed by atoms with Crippen molar-refractivity contribution < 1.29 is 0 Å². The summed E-state index contributed by atoms with van der Waals surface area (Å²) in [7, 11) is 0. The topological polar surface area (TPSA) is 89.7 Å². The molecule has 2 N–H and O–H groups in total. The largest absolute Gasteiger partial charge is 0.397 e. The first kappa shape index (κ1) is 11.7. The molecular formula is C13H11N5. The van der Waals surface area contributed by atoms with Crippen molar-refractivity contribution in [2.24, 2.45) is 0 Å². The van der Waals surface area contributed by atoms with E-state index >= 15 is 0 Å². The number of pyridine rings is 1. The number of nitrogens with two attached hydrogens (primary N) is 1. The van der Waals surface area contributed by atoms with E-state index in [9.17, 15) is 0 Å². The number of rotatable bonds is 3. The molecule has 0 aliphatic carbocycles. The highest BCUT2D eigenvalue weighted by Gasteiger charge is 2.10. The zero-order valence-electron chi connectivity index (χ0n) is 9.67. The number of anilines is 2. The monoisotopic (exact) mass is 237 g/mol. The second-order valence-electron chi connectivity index (χ2n) is 3.75. The van der Waals surface area contributed by atoms with Gasteiger partial charge in [0, 0.05) is 17.3 Å². The van der Waals surface area contributed by atoms with E-state index in [4.69, 9.17) is 16.3 Å². The van der Waals surface area contributed by atoms with E-state index in [-0.39, 0.29) is 13.1 Å². The summed E-state index contributed by atoms with van der Waals surface area (Å²) in [5.41, 5.74) is 7.94. The van der Waals surface area contributed by atoms with Gasteiger partial charge in [-0.05, 0) is 12.1 Å². The molecule has 0 radical (unpaired) electrons. The van der Waals surface area contributed by atoms with E-state index in [0.29, 0.717) is 11.2 Å². The fourth-order valence-corrected chi connectivity index (χ4v) is 1.86. The Labute approximate surface area is 105 Å². The number of nitrogen functional groups attached to an aromatic ring is 1. The van der Waals surface area contributed by atoms with Gasteiger partial charge in [0.2, 0.25) is 0 Å². The molecule has 0 bridgehead atoms. The fourth-order valence-electron chi connectivity index (χ4n) is 1.86. The zero-order chi connectivity index (χ0) is 13.0. The molecule has 1 aromatic heterocycles. The van der Waals surface area contributed by atoms with Crippen LogP contribution in [-0.4, -0.2) is 18.1 Å². The summed E-state index contributed by atoms with van der Waals surface area (Å²) in [6.45, 7) is 0.308. The molecule has 5 heteroatoms. The van der Waals surface area contributed by atoms with Crippen LogP contribution in [-0.2, 0) is 0 Å². The second kappa shape index (κ2) is 5.03. The van der Waals surface area contributed by atoms with Gasteiger partial charge in [-0.2, -0.15) is 10.5 Å². The molecule has 2 aromatic rings. The Morgan fingerprint density at radius 3 is 2.56 bits per heavy atom. The summed E-state index contributed by atoms with van der Waals surface area (Å²) in [4.78, 5) is 5.92. The van der Waals surface area contributed by atoms with Crippen LogP contribution in [0.2, 0.25) is 0 Å². The van der Waals surface area contributed by atoms with Crippen molar-refractivity contribution in [3.05, 3.63) is 30.5 Å². The highest BCUT2D eigenvalue weighted by atomic mass is 15.1. The van der Waals surface area contributed by atoms with E-state index in [1.807, 2.05) is 12.1 Å². The van der Waals surface area contributed by atoms with Gasteiger partial charge in [-0.1, -0.05) is 12.1 Å². The molecule has 88 valence electrons. The predicted octanol–water partition coefficient (Wildman–Crippen LogP) is 1.67. The summed E-state index contributed by atoms with van der Waals surface area (Å²) in [5, 5.41) is 18.5. The summed E-state index contributed by atoms with van der Waals surface area (Å²) >= 11 is 0. The summed E-state index contributed by atoms with van der Waals surface area (Å²) in [5.74, 6) is 0. The Bertz CT molecular complexity index is 634. The minimum Gasteiger partial charge on any atom is -0.397 e. The molecule has 1 heterocycles. The number of para-hydroxylation sites is 1. The molecule has 0 unspecified atom stereocenters. The maximum atomic E-state index is 8.81. The van der Waals surface area contributed by atoms with Gasteiger partial charge in [0.15, 0.2) is 0 Å². The molecule has 0 amide bonds. The molecular weight excluding hydrogens is 226 g/mol. The minimum atomic E-state index is 0.154. The molecule has 0 fully saturated rings. The lowest BCUT2D eigenvalue weighted by molar-refractivity contribution is 0.971. The van der Waals surface area contributed by atoms with Crippen LogP contribution in [0.1, 0.15) is 0 Å². The van der Waals surface area contributed by atoms with Gasteiger partial charge >= 0.3 is 0 Å². The Balaban J connectivity index is 2.60. The molecule has 0 saturated heterocycles. The summed E-state index contributed by atoms with van der Waals surface area (Å²) in [6.07, 6.45) is 1.63. The lowest BCUT2D eigenvalue weighted by Gasteiger charge is -2.20. The van der Waals surface area contributed by atoms with Crippen LogP contribution in [0.25, 0.3) is 10.9 Å². The molecule has 0 saturated carbocycles. The molecule has 0 spiro atoms. The molecule has 2 rings (SSSR count). The number of hydrogen-bond acceptors (Lipinski definition) is 5. The second-order valence-corrected chi connectivity index (χ2v) is 3.75. The van der Waals surface area contributed by atoms with Crippen molar-refractivity contribution in [3.8, 4) is 12.1 Å². The average molecular weight is 237 g/mol. The van der Waals surface area contributed by atoms with Gasteiger partial charge in [0.05, 0.1) is 23.3 Å². The lowest BCUT2D eigenvalue weighted by atomic mass is 10.1. The number of hydrogen-bond donors (Lipinski definition) is 1. The molecule has 0 aliphatic rings. The van der Waals surface area contributed by atoms with Crippen LogP contribution < -0.4 is 10.6 Å². The van der Waals surface area contributed by atoms with Gasteiger partial charge in [0.1, 0.15) is 13.1 Å². The van der Waals surface area contributed by atoms with Gasteiger partial charge in [-0.15, -0.1) is 0 Å². The molecule has 1 aromatic carbocycles. The SMILES string of the molecule is N#CCN(CC#N)c1ccnc2c(N)cccc12. The predicted molar refractivity (Wildman–Crippen MR) is 69.6 cm³/mol. The minimum absolute atomic E-state index is 0.154. The number of nitrogens with zero attached hydrogens (tertiary/aromatic N) is 4. The first-order chi connectivity index (χ1) is 8.77. The number of fused-ring (bicyclic) bond motifs is 1. The van der Waals surface area contributed by atoms with Crippen LogP contribution >= 0.6 is 0 Å². The van der Waals surface area contributed by atoms with Crippen LogP contribution in [0.3, 0.4) is 0 Å². The lowest BCUT2D eigenvalue weighted by Crippen LogP contribution is -2.24. The quantitative estimate of drug-likeness (QED) is 0.647. The highest BCUT2D eigenvalue weighted by molar-refractivity contribution is 5.98. The van der Waals surface area contributed by atoms with Crippen LogP contribution in [0, 0.1) is 22.7 Å². The van der Waals surface area contributed by atoms with Crippen molar-refractivity contribution in [1.29, 1.82) is 10.5 Å². The van der Waals surface area contributed by atoms with Crippen molar-refractivity contribution in [3.63, 3.8) is 0 Å². The number of nitriles is 2. The third kappa shape index (κ3) is 2.02. The normalized spacial score (nSPS) is 9.67. The molecule has 0 aliphatic heterocycles. The van der Waals surface area contributed by atoms with Gasteiger partial charge in [-0.25, -0.2) is 0 Å². The van der Waals surface area contributed by atoms with E-state index in [2.05, 4.69) is 17.1 Å². The van der Waals surface area contributed by atoms with Crippen molar-refractivity contribution in [2.75, 3.05) is 23.7 Å². The molecule has 0 atom stereocenters. The highest BCUT2D eigenvalue weighted by Crippen LogP contribution is 2.28. The number of benzene rings is 1. The first-order valence-electron chi connectivity index (χ1n) is 5.40. The maximum absolute atomic E-state index is 8.81. The standard InChI is InChI=1S/C13H11N5/c14-5-8-18(9-6-15)12-4-7-17-13-10(12)2-1-3-11(13)16/h1-4,7H,8-9,16H2. The maximum Gasteiger partial charge on any atom is 0.106 e. The van der Waals surface area contributed by atoms with Gasteiger partial charge in [0.25, 0.3) is 0 Å². The van der Waals surface area contributed by atoms with E-state index in [0.717, 1.165) is 11.1 Å². The Morgan fingerprint density at radius 1 is 1.17 bits per heavy atom. The van der Waals surface area contributed by atoms with Crippen molar-refractivity contribution >= 4 is 22.3 Å². The Morgan fingerprint density at radius 2 is 1.89 bits per heavy atom. The smallest absolute Gasteiger partial charge is 0.106 e. The van der Waals surface area contributed by atoms with Crippen LogP contribution in [0.4, 0.5) is 11.4 Å². The first-order valence-corrected chi connectivity index (χ1v) is 5.40. The van der Waals surface area contributed by atoms with E-state index < -0.39 is 0 Å². The Kier molecular flexibility index (Phi) is 3.26. The van der Waals surface area contributed by atoms with Crippen LogP contribution in [0.5, 0.6) is 0 Å². The van der Waals surface area contributed by atoms with Crippen molar-refractivity contribution in [2.45, 2.75) is 0 Å². The summed E-state index contributed by atoms with van der Waals surface area (Å²) < 4.78 is 0. The third-order valence-corrected chi connectivity index (χ3v) is 2.64. The van der Waals surface area contributed by atoms with Gasteiger partial charge < -0.3 is 10.6 Å². The van der Waals surface area contributed by atoms with Gasteiger partial charge in [-0.3, -0.25) is 4.98 Å². The molecule has 5 nitrogen and oxygen atoms in total. The zero-order valence-corrected chi connectivity index (χ0v) is 9.67. The van der Waals surface area contributed by atoms with Crippen molar-refractivity contribution in [1.82, 2.24) is 4.98 Å².